The predicted octanol–water partition coefficient (Wildman–Crippen LogP) is 3.11. The van der Waals surface area contributed by atoms with E-state index in [1.165, 1.54) is 0 Å². The van der Waals surface area contributed by atoms with Crippen molar-refractivity contribution in [2.45, 2.75) is 19.9 Å². The van der Waals surface area contributed by atoms with Gasteiger partial charge < -0.3 is 14.8 Å². The summed E-state index contributed by atoms with van der Waals surface area (Å²) in [6.07, 6.45) is 3.74. The Labute approximate surface area is 126 Å². The van der Waals surface area contributed by atoms with Gasteiger partial charge in [0.25, 0.3) is 0 Å². The number of aryl methyl sites for hydroxylation is 1. The smallest absolute Gasteiger partial charge is 0.165 e. The largest absolute Gasteiger partial charge is 0.493 e. The number of para-hydroxylation sites is 1. The van der Waals surface area contributed by atoms with E-state index in [1.54, 1.807) is 14.2 Å². The van der Waals surface area contributed by atoms with Gasteiger partial charge in [0, 0.05) is 18.0 Å². The van der Waals surface area contributed by atoms with Gasteiger partial charge in [0.05, 0.1) is 20.3 Å². The molecule has 1 aromatic heterocycles. The van der Waals surface area contributed by atoms with Crippen LogP contribution >= 0.6 is 0 Å². The van der Waals surface area contributed by atoms with Crippen LogP contribution in [-0.4, -0.2) is 25.7 Å². The fraction of sp³-hybridized carbons (Fsp3) is 0.353. The number of benzene rings is 1. The van der Waals surface area contributed by atoms with Gasteiger partial charge in [-0.25, -0.2) is 0 Å². The van der Waals surface area contributed by atoms with Gasteiger partial charge >= 0.3 is 0 Å². The van der Waals surface area contributed by atoms with Crippen LogP contribution in [0.25, 0.3) is 0 Å². The third kappa shape index (κ3) is 3.34. The van der Waals surface area contributed by atoms with E-state index < -0.39 is 0 Å². The number of ether oxygens (including phenoxy) is 2. The van der Waals surface area contributed by atoms with Crippen molar-refractivity contribution in [3.05, 3.63) is 53.3 Å². The first-order valence-corrected chi connectivity index (χ1v) is 7.07. The van der Waals surface area contributed by atoms with Crippen molar-refractivity contribution in [3.8, 4) is 11.5 Å². The average molecular weight is 286 g/mol. The molecule has 1 unspecified atom stereocenters. The molecule has 2 rings (SSSR count). The number of methoxy groups -OCH3 is 2. The fourth-order valence-corrected chi connectivity index (χ4v) is 2.49. The summed E-state index contributed by atoms with van der Waals surface area (Å²) in [5.41, 5.74) is 3.30. The third-order valence-corrected chi connectivity index (χ3v) is 3.38. The Morgan fingerprint density at radius 3 is 2.62 bits per heavy atom. The Morgan fingerprint density at radius 1 is 1.19 bits per heavy atom. The SMILES string of the molecule is CCNC(c1cncc(C)c1)c1cccc(OC)c1OC. The Bertz CT molecular complexity index is 599. The summed E-state index contributed by atoms with van der Waals surface area (Å²) in [5.74, 6) is 1.49. The maximum Gasteiger partial charge on any atom is 0.165 e. The number of hydrogen-bond donors (Lipinski definition) is 1. The maximum absolute atomic E-state index is 5.56. The van der Waals surface area contributed by atoms with Crippen LogP contribution in [-0.2, 0) is 0 Å². The molecule has 0 spiro atoms. The summed E-state index contributed by atoms with van der Waals surface area (Å²) in [4.78, 5) is 4.30. The van der Waals surface area contributed by atoms with Crippen LogP contribution in [0.5, 0.6) is 11.5 Å². The highest BCUT2D eigenvalue weighted by Gasteiger charge is 2.20. The zero-order valence-corrected chi connectivity index (χ0v) is 13.0. The van der Waals surface area contributed by atoms with E-state index in [2.05, 4.69) is 29.4 Å². The molecule has 0 radical (unpaired) electrons. The minimum Gasteiger partial charge on any atom is -0.493 e. The zero-order valence-electron chi connectivity index (χ0n) is 13.0. The van der Waals surface area contributed by atoms with Gasteiger partial charge in [-0.3, -0.25) is 4.98 Å². The molecule has 0 aliphatic heterocycles. The van der Waals surface area contributed by atoms with Crippen LogP contribution in [0.1, 0.15) is 29.7 Å². The molecule has 2 aromatic rings. The summed E-state index contributed by atoms with van der Waals surface area (Å²) in [7, 11) is 3.32. The van der Waals surface area contributed by atoms with Crippen LogP contribution in [0.4, 0.5) is 0 Å². The Hall–Kier alpha value is -2.07. The first-order chi connectivity index (χ1) is 10.2. The lowest BCUT2D eigenvalue weighted by molar-refractivity contribution is 0.349. The summed E-state index contributed by atoms with van der Waals surface area (Å²) in [6, 6.07) is 8.09. The van der Waals surface area contributed by atoms with Gasteiger partial charge in [-0.1, -0.05) is 25.1 Å². The van der Waals surface area contributed by atoms with Crippen molar-refractivity contribution >= 4 is 0 Å². The van der Waals surface area contributed by atoms with Gasteiger partial charge in [-0.15, -0.1) is 0 Å². The molecule has 0 fully saturated rings. The first-order valence-electron chi connectivity index (χ1n) is 7.07. The van der Waals surface area contributed by atoms with E-state index in [-0.39, 0.29) is 6.04 Å². The third-order valence-electron chi connectivity index (χ3n) is 3.38. The van der Waals surface area contributed by atoms with E-state index in [4.69, 9.17) is 9.47 Å². The summed E-state index contributed by atoms with van der Waals surface area (Å²) in [6.45, 7) is 4.98. The van der Waals surface area contributed by atoms with E-state index >= 15 is 0 Å². The number of hydrogen-bond acceptors (Lipinski definition) is 4. The van der Waals surface area contributed by atoms with Crippen LogP contribution in [0.2, 0.25) is 0 Å². The summed E-state index contributed by atoms with van der Waals surface area (Å²) >= 11 is 0. The molecule has 0 aliphatic rings. The second kappa shape index (κ2) is 7.09. The van der Waals surface area contributed by atoms with Gasteiger partial charge in [0.1, 0.15) is 0 Å². The van der Waals surface area contributed by atoms with Gasteiger partial charge in [-0.05, 0) is 30.7 Å². The number of nitrogens with zero attached hydrogens (tertiary/aromatic N) is 1. The average Bonchev–Trinajstić information content (AvgIpc) is 2.51. The van der Waals surface area contributed by atoms with E-state index in [1.807, 2.05) is 31.5 Å². The minimum absolute atomic E-state index is 0.0208. The second-order valence-electron chi connectivity index (χ2n) is 4.87. The van der Waals surface area contributed by atoms with Crippen molar-refractivity contribution < 1.29 is 9.47 Å². The molecule has 0 saturated carbocycles. The quantitative estimate of drug-likeness (QED) is 0.886. The van der Waals surface area contributed by atoms with Crippen molar-refractivity contribution in [2.75, 3.05) is 20.8 Å². The minimum atomic E-state index is 0.0208. The van der Waals surface area contributed by atoms with Crippen molar-refractivity contribution in [1.82, 2.24) is 10.3 Å². The fourth-order valence-electron chi connectivity index (χ4n) is 2.49. The highest BCUT2D eigenvalue weighted by Crippen LogP contribution is 2.37. The van der Waals surface area contributed by atoms with Crippen molar-refractivity contribution in [3.63, 3.8) is 0 Å². The Balaban J connectivity index is 2.52. The highest BCUT2D eigenvalue weighted by atomic mass is 16.5. The Kier molecular flexibility index (Phi) is 5.17. The van der Waals surface area contributed by atoms with E-state index in [0.717, 1.165) is 34.7 Å². The molecule has 112 valence electrons. The van der Waals surface area contributed by atoms with Crippen LogP contribution in [0.3, 0.4) is 0 Å². The molecule has 0 bridgehead atoms. The highest BCUT2D eigenvalue weighted by molar-refractivity contribution is 5.50. The molecular weight excluding hydrogens is 264 g/mol. The van der Waals surface area contributed by atoms with Crippen molar-refractivity contribution in [1.29, 1.82) is 0 Å². The Morgan fingerprint density at radius 2 is 2.00 bits per heavy atom. The molecule has 1 aromatic carbocycles. The monoisotopic (exact) mass is 286 g/mol. The van der Waals surface area contributed by atoms with Gasteiger partial charge in [0.2, 0.25) is 0 Å². The molecule has 0 saturated heterocycles. The molecule has 1 atom stereocenters. The van der Waals surface area contributed by atoms with Gasteiger partial charge in [0.15, 0.2) is 11.5 Å². The predicted molar refractivity (Wildman–Crippen MR) is 84.0 cm³/mol. The lowest BCUT2D eigenvalue weighted by Gasteiger charge is -2.22. The normalized spacial score (nSPS) is 12.0. The second-order valence-corrected chi connectivity index (χ2v) is 4.87. The molecular formula is C17H22N2O2. The maximum atomic E-state index is 5.56. The summed E-state index contributed by atoms with van der Waals surface area (Å²) < 4.78 is 11.0. The van der Waals surface area contributed by atoms with Crippen LogP contribution < -0.4 is 14.8 Å². The number of nitrogens with one attached hydrogen (secondary N) is 1. The molecule has 0 amide bonds. The lowest BCUT2D eigenvalue weighted by Crippen LogP contribution is -2.23. The topological polar surface area (TPSA) is 43.4 Å². The van der Waals surface area contributed by atoms with Crippen LogP contribution in [0, 0.1) is 6.92 Å². The zero-order chi connectivity index (χ0) is 15.2. The molecule has 0 aliphatic carbocycles. The molecule has 4 heteroatoms. The van der Waals surface area contributed by atoms with E-state index in [0.29, 0.717) is 0 Å². The molecule has 1 N–H and O–H groups in total. The molecule has 21 heavy (non-hydrogen) atoms. The molecule has 4 nitrogen and oxygen atoms in total. The number of aromatic nitrogens is 1. The van der Waals surface area contributed by atoms with Crippen molar-refractivity contribution in [2.24, 2.45) is 0 Å². The van der Waals surface area contributed by atoms with Crippen LogP contribution in [0.15, 0.2) is 36.7 Å². The number of pyridine rings is 1. The van der Waals surface area contributed by atoms with E-state index in [9.17, 15) is 0 Å². The molecule has 1 heterocycles. The lowest BCUT2D eigenvalue weighted by atomic mass is 9.98. The summed E-state index contributed by atoms with van der Waals surface area (Å²) in [5, 5.41) is 3.49. The number of rotatable bonds is 6. The first kappa shape index (κ1) is 15.3. The standard InChI is InChI=1S/C17H22N2O2/c1-5-19-16(13-9-12(2)10-18-11-13)14-7-6-8-15(20-3)17(14)21-4/h6-11,16,19H,5H2,1-4H3. The van der Waals surface area contributed by atoms with Gasteiger partial charge in [-0.2, -0.15) is 0 Å².